The summed E-state index contributed by atoms with van der Waals surface area (Å²) in [5.41, 5.74) is 0.664. The van der Waals surface area contributed by atoms with Gasteiger partial charge >= 0.3 is 5.97 Å². The minimum absolute atomic E-state index is 0.422. The fraction of sp³-hybridized carbons (Fsp3) is 0.188. The molecule has 3 aromatic rings. The maximum Gasteiger partial charge on any atom is 0.357 e. The van der Waals surface area contributed by atoms with E-state index in [1.54, 1.807) is 13.2 Å². The lowest BCUT2D eigenvalue weighted by Crippen LogP contribution is -2.09. The summed E-state index contributed by atoms with van der Waals surface area (Å²) < 4.78 is 14.4. The van der Waals surface area contributed by atoms with Crippen LogP contribution in [0.1, 0.15) is 22.3 Å². The van der Waals surface area contributed by atoms with Crippen LogP contribution in [0.15, 0.2) is 36.4 Å². The molecule has 0 bridgehead atoms. The molecular weight excluding hydrogens is 300 g/mol. The molecule has 0 unspecified atom stereocenters. The van der Waals surface area contributed by atoms with Crippen molar-refractivity contribution in [2.75, 3.05) is 7.11 Å². The zero-order valence-corrected chi connectivity index (χ0v) is 13.0. The Hall–Kier alpha value is -2.47. The topological polar surface area (TPSA) is 61.3 Å². The number of benzene rings is 2. The molecule has 1 aromatic heterocycles. The number of nitrogens with zero attached hydrogens (tertiary/aromatic N) is 2. The van der Waals surface area contributed by atoms with Crippen molar-refractivity contribution >= 4 is 28.3 Å². The number of hydrogen-bond donors (Lipinski definition) is 0. The first-order valence-electron chi connectivity index (χ1n) is 6.82. The molecular formula is C16H14N2O3S. The first-order chi connectivity index (χ1) is 10.7. The van der Waals surface area contributed by atoms with E-state index in [2.05, 4.69) is 9.59 Å². The lowest BCUT2D eigenvalue weighted by Gasteiger charge is -2.06. The minimum Gasteiger partial charge on any atom is -0.497 e. The summed E-state index contributed by atoms with van der Waals surface area (Å²) in [6, 6.07) is 11.2. The molecule has 6 heteroatoms. The summed E-state index contributed by atoms with van der Waals surface area (Å²) >= 11 is 1.06. The standard InChI is InChI=1S/C16H14N2O3S/c1-3-14-15(22-18-17-14)16(19)21-13-7-5-10-4-6-12(20-2)8-11(10)9-13/h4-9H,3H2,1-2H3. The van der Waals surface area contributed by atoms with Gasteiger partial charge in [-0.1, -0.05) is 23.5 Å². The van der Waals surface area contributed by atoms with Gasteiger partial charge in [-0.3, -0.25) is 0 Å². The number of aryl methyl sites for hydroxylation is 1. The Kier molecular flexibility index (Phi) is 4.02. The van der Waals surface area contributed by atoms with Crippen molar-refractivity contribution < 1.29 is 14.3 Å². The highest BCUT2D eigenvalue weighted by Gasteiger charge is 2.17. The fourth-order valence-corrected chi connectivity index (χ4v) is 2.77. The van der Waals surface area contributed by atoms with Crippen LogP contribution in [0.25, 0.3) is 10.8 Å². The third-order valence-corrected chi connectivity index (χ3v) is 4.05. The zero-order valence-electron chi connectivity index (χ0n) is 12.2. The lowest BCUT2D eigenvalue weighted by molar-refractivity contribution is 0.0739. The van der Waals surface area contributed by atoms with Crippen molar-refractivity contribution in [2.24, 2.45) is 0 Å². The van der Waals surface area contributed by atoms with Gasteiger partial charge in [-0.15, -0.1) is 5.10 Å². The molecule has 112 valence electrons. The monoisotopic (exact) mass is 314 g/mol. The summed E-state index contributed by atoms with van der Waals surface area (Å²) in [4.78, 5) is 12.6. The van der Waals surface area contributed by atoms with Crippen molar-refractivity contribution in [3.63, 3.8) is 0 Å². The summed E-state index contributed by atoms with van der Waals surface area (Å²) in [5.74, 6) is 0.825. The van der Waals surface area contributed by atoms with Crippen LogP contribution in [0.3, 0.4) is 0 Å². The van der Waals surface area contributed by atoms with Crippen LogP contribution in [-0.4, -0.2) is 22.7 Å². The predicted octanol–water partition coefficient (Wildman–Crippen LogP) is 3.48. The van der Waals surface area contributed by atoms with Crippen molar-refractivity contribution in [3.05, 3.63) is 47.0 Å². The second-order valence-corrected chi connectivity index (χ2v) is 5.42. The Morgan fingerprint density at radius 3 is 2.59 bits per heavy atom. The highest BCUT2D eigenvalue weighted by molar-refractivity contribution is 7.07. The number of aromatic nitrogens is 2. The van der Waals surface area contributed by atoms with E-state index in [0.29, 0.717) is 22.7 Å². The third-order valence-electron chi connectivity index (χ3n) is 3.31. The molecule has 22 heavy (non-hydrogen) atoms. The van der Waals surface area contributed by atoms with Gasteiger partial charge in [-0.05, 0) is 53.0 Å². The van der Waals surface area contributed by atoms with E-state index in [9.17, 15) is 4.79 Å². The number of carbonyl (C=O) groups excluding carboxylic acids is 1. The number of esters is 1. The van der Waals surface area contributed by atoms with E-state index in [4.69, 9.17) is 9.47 Å². The molecule has 0 aliphatic carbocycles. The molecule has 0 radical (unpaired) electrons. The fourth-order valence-electron chi connectivity index (χ4n) is 2.14. The second-order valence-electron chi connectivity index (χ2n) is 4.67. The molecule has 0 fully saturated rings. The van der Waals surface area contributed by atoms with Crippen LogP contribution in [-0.2, 0) is 6.42 Å². The van der Waals surface area contributed by atoms with Gasteiger partial charge in [0.25, 0.3) is 0 Å². The molecule has 0 atom stereocenters. The molecule has 0 saturated carbocycles. The summed E-state index contributed by atoms with van der Waals surface area (Å²) in [7, 11) is 1.62. The van der Waals surface area contributed by atoms with Gasteiger partial charge in [0.1, 0.15) is 11.5 Å². The maximum atomic E-state index is 12.2. The van der Waals surface area contributed by atoms with Crippen LogP contribution in [0, 0.1) is 0 Å². The van der Waals surface area contributed by atoms with Crippen LogP contribution in [0.2, 0.25) is 0 Å². The molecule has 0 saturated heterocycles. The predicted molar refractivity (Wildman–Crippen MR) is 84.7 cm³/mol. The van der Waals surface area contributed by atoms with Gasteiger partial charge in [0.2, 0.25) is 0 Å². The molecule has 1 heterocycles. The van der Waals surface area contributed by atoms with E-state index >= 15 is 0 Å². The van der Waals surface area contributed by atoms with Gasteiger partial charge in [0.05, 0.1) is 12.8 Å². The molecule has 2 aromatic carbocycles. The number of rotatable bonds is 4. The average molecular weight is 314 g/mol. The summed E-state index contributed by atoms with van der Waals surface area (Å²) in [6.07, 6.45) is 0.649. The van der Waals surface area contributed by atoms with Crippen molar-refractivity contribution in [3.8, 4) is 11.5 Å². The van der Waals surface area contributed by atoms with Gasteiger partial charge < -0.3 is 9.47 Å². The van der Waals surface area contributed by atoms with Crippen LogP contribution in [0.5, 0.6) is 11.5 Å². The van der Waals surface area contributed by atoms with Gasteiger partial charge in [-0.2, -0.15) is 0 Å². The molecule has 0 aliphatic heterocycles. The maximum absolute atomic E-state index is 12.2. The first kappa shape index (κ1) is 14.5. The zero-order chi connectivity index (χ0) is 15.5. The van der Waals surface area contributed by atoms with E-state index in [1.807, 2.05) is 37.3 Å². The SMILES string of the molecule is CCc1nnsc1C(=O)Oc1ccc2ccc(OC)cc2c1. The van der Waals surface area contributed by atoms with Crippen molar-refractivity contribution in [2.45, 2.75) is 13.3 Å². The summed E-state index contributed by atoms with van der Waals surface area (Å²) in [5, 5.41) is 5.92. The molecule has 5 nitrogen and oxygen atoms in total. The minimum atomic E-state index is -0.422. The molecule has 0 aliphatic rings. The number of fused-ring (bicyclic) bond motifs is 1. The molecule has 0 N–H and O–H groups in total. The van der Waals surface area contributed by atoms with Crippen LogP contribution >= 0.6 is 11.5 Å². The normalized spacial score (nSPS) is 10.6. The Balaban J connectivity index is 1.88. The van der Waals surface area contributed by atoms with Crippen LogP contribution < -0.4 is 9.47 Å². The number of carbonyl (C=O) groups is 1. The second kappa shape index (κ2) is 6.11. The largest absolute Gasteiger partial charge is 0.497 e. The van der Waals surface area contributed by atoms with Crippen molar-refractivity contribution in [1.29, 1.82) is 0 Å². The smallest absolute Gasteiger partial charge is 0.357 e. The van der Waals surface area contributed by atoms with Crippen LogP contribution in [0.4, 0.5) is 0 Å². The van der Waals surface area contributed by atoms with E-state index in [0.717, 1.165) is 28.1 Å². The van der Waals surface area contributed by atoms with Gasteiger partial charge in [0, 0.05) is 0 Å². The quantitative estimate of drug-likeness (QED) is 0.545. The number of ether oxygens (including phenoxy) is 2. The van der Waals surface area contributed by atoms with Gasteiger partial charge in [-0.25, -0.2) is 4.79 Å². The van der Waals surface area contributed by atoms with Gasteiger partial charge in [0.15, 0.2) is 4.88 Å². The summed E-state index contributed by atoms with van der Waals surface area (Å²) in [6.45, 7) is 1.93. The molecule has 3 rings (SSSR count). The lowest BCUT2D eigenvalue weighted by atomic mass is 10.1. The Morgan fingerprint density at radius 2 is 1.86 bits per heavy atom. The van der Waals surface area contributed by atoms with E-state index in [-0.39, 0.29) is 0 Å². The molecule has 0 amide bonds. The van der Waals surface area contributed by atoms with E-state index < -0.39 is 5.97 Å². The van der Waals surface area contributed by atoms with Crippen molar-refractivity contribution in [1.82, 2.24) is 9.59 Å². The Bertz CT molecular complexity index is 829. The average Bonchev–Trinajstić information content (AvgIpc) is 3.02. The Labute approximate surface area is 131 Å². The third kappa shape index (κ3) is 2.78. The van der Waals surface area contributed by atoms with E-state index in [1.165, 1.54) is 0 Å². The molecule has 0 spiro atoms. The number of hydrogen-bond acceptors (Lipinski definition) is 6. The number of methoxy groups -OCH3 is 1. The highest BCUT2D eigenvalue weighted by atomic mass is 32.1. The highest BCUT2D eigenvalue weighted by Crippen LogP contribution is 2.26. The Morgan fingerprint density at radius 1 is 1.14 bits per heavy atom. The first-order valence-corrected chi connectivity index (χ1v) is 7.60.